The molecule has 2 aromatic carbocycles. The van der Waals surface area contributed by atoms with E-state index in [9.17, 15) is 9.59 Å². The van der Waals surface area contributed by atoms with E-state index in [0.29, 0.717) is 17.0 Å². The average molecular weight is 311 g/mol. The van der Waals surface area contributed by atoms with Crippen molar-refractivity contribution in [3.8, 4) is 5.75 Å². The monoisotopic (exact) mass is 311 g/mol. The van der Waals surface area contributed by atoms with Gasteiger partial charge in [-0.05, 0) is 30.3 Å². The van der Waals surface area contributed by atoms with Crippen molar-refractivity contribution in [2.45, 2.75) is 6.92 Å². The zero-order chi connectivity index (χ0) is 16.7. The Hall–Kier alpha value is -3.15. The van der Waals surface area contributed by atoms with Crippen LogP contribution in [0.25, 0.3) is 0 Å². The van der Waals surface area contributed by atoms with Gasteiger partial charge >= 0.3 is 0 Å². The minimum absolute atomic E-state index is 0.197. The number of hydrogen-bond acceptors (Lipinski definition) is 4. The molecule has 0 aliphatic heterocycles. The molecule has 0 aliphatic rings. The molecule has 0 radical (unpaired) electrons. The van der Waals surface area contributed by atoms with Crippen molar-refractivity contribution >= 4 is 23.7 Å². The van der Waals surface area contributed by atoms with Crippen molar-refractivity contribution in [3.05, 3.63) is 59.7 Å². The maximum absolute atomic E-state index is 12.1. The topological polar surface area (TPSA) is 79.8 Å². The highest BCUT2D eigenvalue weighted by Gasteiger charge is 2.06. The molecule has 0 heterocycles. The highest BCUT2D eigenvalue weighted by Crippen LogP contribution is 2.14. The Kier molecular flexibility index (Phi) is 5.46. The number of para-hydroxylation sites is 1. The third-order valence-corrected chi connectivity index (χ3v) is 2.95. The van der Waals surface area contributed by atoms with Crippen molar-refractivity contribution in [2.75, 3.05) is 12.4 Å². The summed E-state index contributed by atoms with van der Waals surface area (Å²) in [5, 5.41) is 6.55. The van der Waals surface area contributed by atoms with E-state index in [0.717, 1.165) is 5.56 Å². The summed E-state index contributed by atoms with van der Waals surface area (Å²) in [6.07, 6.45) is 1.51. The van der Waals surface area contributed by atoms with Gasteiger partial charge in [-0.3, -0.25) is 9.59 Å². The second-order valence-electron chi connectivity index (χ2n) is 4.70. The van der Waals surface area contributed by atoms with Crippen LogP contribution in [0.1, 0.15) is 22.8 Å². The number of amides is 2. The zero-order valence-electron chi connectivity index (χ0n) is 12.9. The van der Waals surface area contributed by atoms with Crippen molar-refractivity contribution in [2.24, 2.45) is 5.10 Å². The number of carbonyl (C=O) groups excluding carboxylic acids is 2. The number of methoxy groups -OCH3 is 1. The Morgan fingerprint density at radius 1 is 1.13 bits per heavy atom. The van der Waals surface area contributed by atoms with Crippen molar-refractivity contribution in [3.63, 3.8) is 0 Å². The van der Waals surface area contributed by atoms with Gasteiger partial charge in [-0.15, -0.1) is 0 Å². The fourth-order valence-corrected chi connectivity index (χ4v) is 1.94. The minimum Gasteiger partial charge on any atom is -0.496 e. The van der Waals surface area contributed by atoms with Gasteiger partial charge in [0.25, 0.3) is 5.91 Å². The zero-order valence-corrected chi connectivity index (χ0v) is 12.9. The van der Waals surface area contributed by atoms with E-state index in [4.69, 9.17) is 4.74 Å². The average Bonchev–Trinajstić information content (AvgIpc) is 2.55. The molecule has 2 aromatic rings. The minimum atomic E-state index is -0.372. The number of nitrogens with one attached hydrogen (secondary N) is 2. The van der Waals surface area contributed by atoms with E-state index in [1.165, 1.54) is 13.1 Å². The largest absolute Gasteiger partial charge is 0.496 e. The van der Waals surface area contributed by atoms with Crippen LogP contribution < -0.4 is 15.5 Å². The molecule has 0 atom stereocenters. The molecular formula is C17H17N3O3. The van der Waals surface area contributed by atoms with Crippen molar-refractivity contribution < 1.29 is 14.3 Å². The number of rotatable bonds is 5. The highest BCUT2D eigenvalue weighted by atomic mass is 16.5. The number of nitrogens with zero attached hydrogens (tertiary/aromatic N) is 1. The molecule has 0 saturated carbocycles. The molecule has 23 heavy (non-hydrogen) atoms. The molecule has 0 fully saturated rings. The first-order valence-corrected chi connectivity index (χ1v) is 6.94. The molecule has 6 nitrogen and oxygen atoms in total. The number of benzene rings is 2. The predicted octanol–water partition coefficient (Wildman–Crippen LogP) is 2.42. The first-order chi connectivity index (χ1) is 11.1. The molecule has 0 aliphatic carbocycles. The SMILES string of the molecule is COc1ccccc1C=NNC(=O)c1cccc(NC(C)=O)c1. The summed E-state index contributed by atoms with van der Waals surface area (Å²) in [5.41, 5.74) is 4.14. The quantitative estimate of drug-likeness (QED) is 0.657. The van der Waals surface area contributed by atoms with Gasteiger partial charge < -0.3 is 10.1 Å². The molecule has 2 N–H and O–H groups in total. The smallest absolute Gasteiger partial charge is 0.271 e. The molecule has 0 bridgehead atoms. The molecule has 0 unspecified atom stereocenters. The second kappa shape index (κ2) is 7.74. The maximum atomic E-state index is 12.1. The van der Waals surface area contributed by atoms with Crippen LogP contribution >= 0.6 is 0 Å². The maximum Gasteiger partial charge on any atom is 0.271 e. The highest BCUT2D eigenvalue weighted by molar-refractivity contribution is 5.97. The van der Waals surface area contributed by atoms with Crippen LogP contribution in [0.5, 0.6) is 5.75 Å². The standard InChI is InChI=1S/C17H17N3O3/c1-12(21)19-15-8-5-7-13(10-15)17(22)20-18-11-14-6-3-4-9-16(14)23-2/h3-11H,1-2H3,(H,19,21)(H,20,22). The Morgan fingerprint density at radius 3 is 2.65 bits per heavy atom. The van der Waals surface area contributed by atoms with E-state index in [1.807, 2.05) is 18.2 Å². The van der Waals surface area contributed by atoms with Crippen LogP contribution in [0.3, 0.4) is 0 Å². The van der Waals surface area contributed by atoms with Crippen LogP contribution in [0.2, 0.25) is 0 Å². The lowest BCUT2D eigenvalue weighted by Gasteiger charge is -2.05. The molecule has 118 valence electrons. The van der Waals surface area contributed by atoms with Gasteiger partial charge in [-0.1, -0.05) is 18.2 Å². The molecule has 0 spiro atoms. The van der Waals surface area contributed by atoms with Crippen molar-refractivity contribution in [1.29, 1.82) is 0 Å². The van der Waals surface area contributed by atoms with Crippen LogP contribution in [0.4, 0.5) is 5.69 Å². The van der Waals surface area contributed by atoms with Crippen LogP contribution in [-0.4, -0.2) is 25.1 Å². The van der Waals surface area contributed by atoms with Gasteiger partial charge in [0.2, 0.25) is 5.91 Å². The molecule has 2 rings (SSSR count). The summed E-state index contributed by atoms with van der Waals surface area (Å²) >= 11 is 0. The molecule has 0 aromatic heterocycles. The van der Waals surface area contributed by atoms with Gasteiger partial charge in [-0.2, -0.15) is 5.10 Å². The number of carbonyl (C=O) groups is 2. The van der Waals surface area contributed by atoms with E-state index < -0.39 is 0 Å². The number of anilines is 1. The van der Waals surface area contributed by atoms with Gasteiger partial charge in [0.15, 0.2) is 0 Å². The summed E-state index contributed by atoms with van der Waals surface area (Å²) in [7, 11) is 1.57. The second-order valence-corrected chi connectivity index (χ2v) is 4.70. The van der Waals surface area contributed by atoms with E-state index in [2.05, 4.69) is 15.8 Å². The van der Waals surface area contributed by atoms with Gasteiger partial charge in [0.05, 0.1) is 13.3 Å². The van der Waals surface area contributed by atoms with E-state index in [1.54, 1.807) is 37.4 Å². The normalized spacial score (nSPS) is 10.3. The molecule has 0 saturated heterocycles. The van der Waals surface area contributed by atoms with Crippen LogP contribution in [0, 0.1) is 0 Å². The lowest BCUT2D eigenvalue weighted by atomic mass is 10.2. The Balaban J connectivity index is 2.04. The van der Waals surface area contributed by atoms with Gasteiger partial charge in [-0.25, -0.2) is 5.43 Å². The Morgan fingerprint density at radius 2 is 1.91 bits per heavy atom. The lowest BCUT2D eigenvalue weighted by Crippen LogP contribution is -2.18. The Bertz CT molecular complexity index is 741. The van der Waals surface area contributed by atoms with Crippen LogP contribution in [-0.2, 0) is 4.79 Å². The summed E-state index contributed by atoms with van der Waals surface area (Å²) in [6.45, 7) is 1.41. The fourth-order valence-electron chi connectivity index (χ4n) is 1.94. The molecule has 6 heteroatoms. The molecule has 2 amide bonds. The van der Waals surface area contributed by atoms with Gasteiger partial charge in [0, 0.05) is 23.7 Å². The summed E-state index contributed by atoms with van der Waals surface area (Å²) < 4.78 is 5.20. The summed E-state index contributed by atoms with van der Waals surface area (Å²) in [5.74, 6) is 0.0956. The van der Waals surface area contributed by atoms with Gasteiger partial charge in [0.1, 0.15) is 5.75 Å². The third kappa shape index (κ3) is 4.67. The summed E-state index contributed by atoms with van der Waals surface area (Å²) in [4.78, 5) is 23.1. The summed E-state index contributed by atoms with van der Waals surface area (Å²) in [6, 6.07) is 13.9. The van der Waals surface area contributed by atoms with Crippen molar-refractivity contribution in [1.82, 2.24) is 5.43 Å². The van der Waals surface area contributed by atoms with E-state index in [-0.39, 0.29) is 11.8 Å². The van der Waals surface area contributed by atoms with Crippen LogP contribution in [0.15, 0.2) is 53.6 Å². The third-order valence-electron chi connectivity index (χ3n) is 2.95. The predicted molar refractivity (Wildman–Crippen MR) is 88.8 cm³/mol. The fraction of sp³-hybridized carbons (Fsp3) is 0.118. The first kappa shape index (κ1) is 16.2. The Labute approximate surface area is 134 Å². The van der Waals surface area contributed by atoms with E-state index >= 15 is 0 Å². The lowest BCUT2D eigenvalue weighted by molar-refractivity contribution is -0.114. The first-order valence-electron chi connectivity index (χ1n) is 6.94. The number of ether oxygens (including phenoxy) is 1. The molecular weight excluding hydrogens is 294 g/mol. The number of hydrazone groups is 1. The number of hydrogen-bond donors (Lipinski definition) is 2.